The van der Waals surface area contributed by atoms with Crippen LogP contribution in [0.5, 0.6) is 0 Å². The van der Waals surface area contributed by atoms with Gasteiger partial charge in [-0.15, -0.1) is 0 Å². The summed E-state index contributed by atoms with van der Waals surface area (Å²) in [4.78, 5) is 15.9. The van der Waals surface area contributed by atoms with Gasteiger partial charge in [-0.2, -0.15) is 0 Å². The fourth-order valence-corrected chi connectivity index (χ4v) is 3.63. The Hall–Kier alpha value is -2.33. The SMILES string of the molecule is O=C(NCCc1cccc(Cl)c1)C1(c2c[nH]c3ccc(F)cc23)CC1. The van der Waals surface area contributed by atoms with Gasteiger partial charge >= 0.3 is 0 Å². The fraction of sp³-hybridized carbons (Fsp3) is 0.250. The number of rotatable bonds is 5. The van der Waals surface area contributed by atoms with E-state index in [1.807, 2.05) is 30.5 Å². The zero-order valence-corrected chi connectivity index (χ0v) is 14.4. The van der Waals surface area contributed by atoms with E-state index in [0.717, 1.165) is 41.3 Å². The quantitative estimate of drug-likeness (QED) is 0.701. The third-order valence-corrected chi connectivity index (χ3v) is 5.17. The molecule has 1 aliphatic carbocycles. The van der Waals surface area contributed by atoms with Gasteiger partial charge in [0, 0.05) is 28.7 Å². The van der Waals surface area contributed by atoms with Crippen molar-refractivity contribution in [1.29, 1.82) is 0 Å². The molecule has 1 saturated carbocycles. The fourth-order valence-electron chi connectivity index (χ4n) is 3.41. The van der Waals surface area contributed by atoms with Gasteiger partial charge in [0.05, 0.1) is 5.41 Å². The lowest BCUT2D eigenvalue weighted by Crippen LogP contribution is -2.35. The largest absolute Gasteiger partial charge is 0.361 e. The lowest BCUT2D eigenvalue weighted by Gasteiger charge is -2.15. The standard InChI is InChI=1S/C20H18ClFN2O/c21-14-3-1-2-13(10-14)6-9-23-19(25)20(7-8-20)17-12-24-18-5-4-15(22)11-16(17)18/h1-5,10-12,24H,6-9H2,(H,23,25). The molecule has 5 heteroatoms. The number of carbonyl (C=O) groups excluding carboxylic acids is 1. The van der Waals surface area contributed by atoms with E-state index in [2.05, 4.69) is 10.3 Å². The van der Waals surface area contributed by atoms with Gasteiger partial charge in [0.2, 0.25) is 5.91 Å². The molecule has 4 rings (SSSR count). The Labute approximate surface area is 150 Å². The number of carbonyl (C=O) groups is 1. The van der Waals surface area contributed by atoms with Crippen LogP contribution in [0, 0.1) is 5.82 Å². The predicted molar refractivity (Wildman–Crippen MR) is 97.3 cm³/mol. The van der Waals surface area contributed by atoms with Gasteiger partial charge in [-0.1, -0.05) is 23.7 Å². The van der Waals surface area contributed by atoms with E-state index >= 15 is 0 Å². The third-order valence-electron chi connectivity index (χ3n) is 4.93. The number of fused-ring (bicyclic) bond motifs is 1. The molecular weight excluding hydrogens is 339 g/mol. The van der Waals surface area contributed by atoms with Crippen molar-refractivity contribution in [3.05, 3.63) is 70.6 Å². The summed E-state index contributed by atoms with van der Waals surface area (Å²) in [7, 11) is 0. The highest BCUT2D eigenvalue weighted by molar-refractivity contribution is 6.30. The smallest absolute Gasteiger partial charge is 0.230 e. The highest BCUT2D eigenvalue weighted by atomic mass is 35.5. The molecule has 0 atom stereocenters. The van der Waals surface area contributed by atoms with Crippen LogP contribution in [0.3, 0.4) is 0 Å². The van der Waals surface area contributed by atoms with E-state index in [1.165, 1.54) is 12.1 Å². The summed E-state index contributed by atoms with van der Waals surface area (Å²) in [5.41, 5.74) is 2.31. The summed E-state index contributed by atoms with van der Waals surface area (Å²) < 4.78 is 13.6. The van der Waals surface area contributed by atoms with E-state index in [9.17, 15) is 9.18 Å². The second-order valence-corrected chi connectivity index (χ2v) is 7.05. The number of aromatic nitrogens is 1. The second-order valence-electron chi connectivity index (χ2n) is 6.61. The Morgan fingerprint density at radius 3 is 2.84 bits per heavy atom. The number of aromatic amines is 1. The summed E-state index contributed by atoms with van der Waals surface area (Å²) in [6, 6.07) is 12.3. The first kappa shape index (κ1) is 16.2. The molecule has 0 spiro atoms. The molecule has 1 fully saturated rings. The molecule has 1 heterocycles. The molecule has 0 bridgehead atoms. The average Bonchev–Trinajstić information content (AvgIpc) is 3.29. The van der Waals surface area contributed by atoms with Crippen molar-refractivity contribution in [3.8, 4) is 0 Å². The molecule has 0 aliphatic heterocycles. The van der Waals surface area contributed by atoms with Gasteiger partial charge in [0.25, 0.3) is 0 Å². The maximum Gasteiger partial charge on any atom is 0.230 e. The van der Waals surface area contributed by atoms with E-state index in [4.69, 9.17) is 11.6 Å². The number of hydrogen-bond donors (Lipinski definition) is 2. The molecule has 3 nitrogen and oxygen atoms in total. The number of amides is 1. The van der Waals surface area contributed by atoms with Crippen molar-refractivity contribution in [3.63, 3.8) is 0 Å². The molecule has 1 aromatic heterocycles. The van der Waals surface area contributed by atoms with Crippen LogP contribution in [0.25, 0.3) is 10.9 Å². The van der Waals surface area contributed by atoms with Gasteiger partial charge in [-0.05, 0) is 60.7 Å². The lowest BCUT2D eigenvalue weighted by molar-refractivity contribution is -0.123. The van der Waals surface area contributed by atoms with Gasteiger partial charge in [-0.3, -0.25) is 4.79 Å². The Bertz CT molecular complexity index is 946. The van der Waals surface area contributed by atoms with Crippen molar-refractivity contribution in [1.82, 2.24) is 10.3 Å². The van der Waals surface area contributed by atoms with Crippen LogP contribution in [0.2, 0.25) is 5.02 Å². The molecule has 0 unspecified atom stereocenters. The Morgan fingerprint density at radius 2 is 2.08 bits per heavy atom. The van der Waals surface area contributed by atoms with Crippen molar-refractivity contribution >= 4 is 28.4 Å². The molecule has 1 aliphatic rings. The van der Waals surface area contributed by atoms with E-state index in [1.54, 1.807) is 6.07 Å². The van der Waals surface area contributed by atoms with Crippen LogP contribution in [-0.2, 0) is 16.6 Å². The summed E-state index contributed by atoms with van der Waals surface area (Å²) in [5.74, 6) is -0.273. The van der Waals surface area contributed by atoms with Crippen molar-refractivity contribution in [2.24, 2.45) is 0 Å². The number of halogens is 2. The van der Waals surface area contributed by atoms with Crippen LogP contribution in [-0.4, -0.2) is 17.4 Å². The number of hydrogen-bond acceptors (Lipinski definition) is 1. The van der Waals surface area contributed by atoms with Gasteiger partial charge < -0.3 is 10.3 Å². The molecule has 128 valence electrons. The molecule has 0 radical (unpaired) electrons. The second kappa shape index (κ2) is 6.19. The zero-order valence-electron chi connectivity index (χ0n) is 13.6. The minimum Gasteiger partial charge on any atom is -0.361 e. The minimum atomic E-state index is -0.527. The summed E-state index contributed by atoms with van der Waals surface area (Å²) in [5, 5.41) is 4.52. The molecule has 0 saturated heterocycles. The minimum absolute atomic E-state index is 0.0136. The van der Waals surface area contributed by atoms with Crippen LogP contribution in [0.1, 0.15) is 24.0 Å². The van der Waals surface area contributed by atoms with Crippen LogP contribution in [0.4, 0.5) is 4.39 Å². The summed E-state index contributed by atoms with van der Waals surface area (Å²) >= 11 is 5.98. The van der Waals surface area contributed by atoms with Gasteiger partial charge in [0.1, 0.15) is 5.82 Å². The first-order valence-electron chi connectivity index (χ1n) is 8.38. The first-order valence-corrected chi connectivity index (χ1v) is 8.76. The third kappa shape index (κ3) is 3.02. The lowest BCUT2D eigenvalue weighted by atomic mass is 9.94. The van der Waals surface area contributed by atoms with E-state index in [-0.39, 0.29) is 11.7 Å². The van der Waals surface area contributed by atoms with Crippen molar-refractivity contribution in [2.45, 2.75) is 24.7 Å². The van der Waals surface area contributed by atoms with Crippen LogP contribution >= 0.6 is 11.6 Å². The average molecular weight is 357 g/mol. The molecule has 1 amide bonds. The first-order chi connectivity index (χ1) is 12.1. The van der Waals surface area contributed by atoms with Crippen LogP contribution in [0.15, 0.2) is 48.7 Å². The Morgan fingerprint density at radius 1 is 1.24 bits per heavy atom. The molecule has 2 N–H and O–H groups in total. The molecular formula is C20H18ClFN2O. The van der Waals surface area contributed by atoms with Gasteiger partial charge in [-0.25, -0.2) is 4.39 Å². The highest BCUT2D eigenvalue weighted by Gasteiger charge is 2.52. The summed E-state index contributed by atoms with van der Waals surface area (Å²) in [6.45, 7) is 0.553. The van der Waals surface area contributed by atoms with E-state index in [0.29, 0.717) is 11.6 Å². The molecule has 3 aromatic rings. The monoisotopic (exact) mass is 356 g/mol. The number of nitrogens with one attached hydrogen (secondary N) is 2. The Balaban J connectivity index is 1.48. The number of benzene rings is 2. The molecule has 25 heavy (non-hydrogen) atoms. The topological polar surface area (TPSA) is 44.9 Å². The number of H-pyrrole nitrogens is 1. The van der Waals surface area contributed by atoms with E-state index < -0.39 is 5.41 Å². The van der Waals surface area contributed by atoms with Crippen LogP contribution < -0.4 is 5.32 Å². The van der Waals surface area contributed by atoms with Gasteiger partial charge in [0.15, 0.2) is 0 Å². The van der Waals surface area contributed by atoms with Crippen molar-refractivity contribution in [2.75, 3.05) is 6.54 Å². The normalized spacial score (nSPS) is 15.3. The maximum atomic E-state index is 13.6. The predicted octanol–water partition coefficient (Wildman–Crippen LogP) is 4.35. The maximum absolute atomic E-state index is 13.6. The summed E-state index contributed by atoms with van der Waals surface area (Å²) in [6.07, 6.45) is 4.15. The Kier molecular flexibility index (Phi) is 4.00. The van der Waals surface area contributed by atoms with Crippen molar-refractivity contribution < 1.29 is 9.18 Å². The zero-order chi connectivity index (χ0) is 17.4. The molecule has 2 aromatic carbocycles. The highest BCUT2D eigenvalue weighted by Crippen LogP contribution is 2.50.